The normalized spacial score (nSPS) is 10.6. The van der Waals surface area contributed by atoms with Crippen molar-refractivity contribution in [2.24, 2.45) is 0 Å². The largest absolute Gasteiger partial charge is 0.490 e. The van der Waals surface area contributed by atoms with E-state index in [1.165, 1.54) is 0 Å². The zero-order valence-corrected chi connectivity index (χ0v) is 12.4. The predicted octanol–water partition coefficient (Wildman–Crippen LogP) is 1.16. The minimum atomic E-state index is 0.000333. The number of aliphatic hydroxyl groups excluding tert-OH is 1. The molecule has 1 aromatic carbocycles. The van der Waals surface area contributed by atoms with Gasteiger partial charge >= 0.3 is 0 Å². The van der Waals surface area contributed by atoms with Crippen LogP contribution in [0.15, 0.2) is 18.2 Å². The van der Waals surface area contributed by atoms with Gasteiger partial charge in [-0.3, -0.25) is 0 Å². The van der Waals surface area contributed by atoms with Crippen LogP contribution in [-0.4, -0.2) is 45.1 Å². The molecule has 0 aliphatic carbocycles. The third-order valence-electron chi connectivity index (χ3n) is 2.77. The van der Waals surface area contributed by atoms with Gasteiger partial charge in [0.1, 0.15) is 6.61 Å². The number of rotatable bonds is 11. The molecule has 0 unspecified atom stereocenters. The first kappa shape index (κ1) is 16.8. The molecular formula is C15H26N2O3. The number of nitrogens with one attached hydrogen (secondary N) is 2. The highest BCUT2D eigenvalue weighted by Gasteiger charge is 2.06. The lowest BCUT2D eigenvalue weighted by Crippen LogP contribution is -2.19. The predicted molar refractivity (Wildman–Crippen MR) is 80.4 cm³/mol. The van der Waals surface area contributed by atoms with E-state index in [9.17, 15) is 0 Å². The van der Waals surface area contributed by atoms with Gasteiger partial charge < -0.3 is 25.2 Å². The first-order valence-electron chi connectivity index (χ1n) is 7.16. The van der Waals surface area contributed by atoms with Crippen LogP contribution in [0.1, 0.15) is 18.9 Å². The molecule has 1 aromatic rings. The van der Waals surface area contributed by atoms with Crippen LogP contribution in [0.25, 0.3) is 0 Å². The van der Waals surface area contributed by atoms with Gasteiger partial charge in [-0.25, -0.2) is 0 Å². The Morgan fingerprint density at radius 3 is 2.70 bits per heavy atom. The molecular weight excluding hydrogens is 256 g/mol. The average molecular weight is 282 g/mol. The summed E-state index contributed by atoms with van der Waals surface area (Å²) in [4.78, 5) is 0. The average Bonchev–Trinajstić information content (AvgIpc) is 2.46. The van der Waals surface area contributed by atoms with E-state index in [4.69, 9.17) is 14.6 Å². The Kier molecular flexibility index (Phi) is 8.78. The van der Waals surface area contributed by atoms with Gasteiger partial charge in [-0.15, -0.1) is 0 Å². The van der Waals surface area contributed by atoms with Crippen LogP contribution in [0.2, 0.25) is 0 Å². The van der Waals surface area contributed by atoms with Gasteiger partial charge in [-0.1, -0.05) is 6.07 Å². The van der Waals surface area contributed by atoms with Gasteiger partial charge in [0, 0.05) is 6.54 Å². The number of hydrogen-bond donors (Lipinski definition) is 3. The zero-order valence-electron chi connectivity index (χ0n) is 12.4. The van der Waals surface area contributed by atoms with Crippen molar-refractivity contribution in [1.82, 2.24) is 10.6 Å². The van der Waals surface area contributed by atoms with Crippen LogP contribution in [0.5, 0.6) is 11.5 Å². The minimum absolute atomic E-state index is 0.000333. The van der Waals surface area contributed by atoms with E-state index in [-0.39, 0.29) is 13.2 Å². The van der Waals surface area contributed by atoms with E-state index in [0.717, 1.165) is 37.4 Å². The second kappa shape index (κ2) is 10.5. The van der Waals surface area contributed by atoms with Crippen molar-refractivity contribution in [3.63, 3.8) is 0 Å². The second-order valence-corrected chi connectivity index (χ2v) is 4.42. The molecule has 5 nitrogen and oxygen atoms in total. The van der Waals surface area contributed by atoms with Crippen molar-refractivity contribution in [2.45, 2.75) is 19.9 Å². The quantitative estimate of drug-likeness (QED) is 0.532. The molecule has 3 N–H and O–H groups in total. The molecule has 114 valence electrons. The van der Waals surface area contributed by atoms with Crippen LogP contribution < -0.4 is 20.1 Å². The standard InChI is InChI=1S/C15H26N2O3/c1-3-19-15-11-13(12-17-8-4-7-16-2)5-6-14(15)20-10-9-18/h5-6,11,16-18H,3-4,7-10,12H2,1-2H3. The minimum Gasteiger partial charge on any atom is -0.490 e. The Morgan fingerprint density at radius 1 is 1.15 bits per heavy atom. The molecule has 5 heteroatoms. The van der Waals surface area contributed by atoms with E-state index in [0.29, 0.717) is 12.4 Å². The van der Waals surface area contributed by atoms with Crippen LogP contribution in [0, 0.1) is 0 Å². The van der Waals surface area contributed by atoms with Crippen molar-refractivity contribution >= 4 is 0 Å². The molecule has 0 aromatic heterocycles. The molecule has 0 heterocycles. The van der Waals surface area contributed by atoms with E-state index in [1.807, 2.05) is 32.2 Å². The lowest BCUT2D eigenvalue weighted by molar-refractivity contribution is 0.194. The second-order valence-electron chi connectivity index (χ2n) is 4.42. The Hall–Kier alpha value is -1.30. The third-order valence-corrected chi connectivity index (χ3v) is 2.77. The fraction of sp³-hybridized carbons (Fsp3) is 0.600. The van der Waals surface area contributed by atoms with E-state index in [1.54, 1.807) is 0 Å². The molecule has 0 aliphatic rings. The van der Waals surface area contributed by atoms with Crippen molar-refractivity contribution < 1.29 is 14.6 Å². The third kappa shape index (κ3) is 6.23. The van der Waals surface area contributed by atoms with Crippen LogP contribution in [-0.2, 0) is 6.54 Å². The Bertz CT molecular complexity index is 372. The first-order valence-corrected chi connectivity index (χ1v) is 7.16. The Labute approximate surface area is 121 Å². The van der Waals surface area contributed by atoms with Crippen molar-refractivity contribution in [3.8, 4) is 11.5 Å². The highest BCUT2D eigenvalue weighted by molar-refractivity contribution is 5.43. The first-order chi connectivity index (χ1) is 9.81. The summed E-state index contributed by atoms with van der Waals surface area (Å²) in [5, 5.41) is 15.3. The summed E-state index contributed by atoms with van der Waals surface area (Å²) >= 11 is 0. The monoisotopic (exact) mass is 282 g/mol. The number of aliphatic hydroxyl groups is 1. The molecule has 0 saturated carbocycles. The lowest BCUT2D eigenvalue weighted by atomic mass is 10.2. The topological polar surface area (TPSA) is 62.8 Å². The summed E-state index contributed by atoms with van der Waals surface area (Å²) in [5.41, 5.74) is 1.16. The molecule has 0 aliphatic heterocycles. The van der Waals surface area contributed by atoms with Crippen LogP contribution >= 0.6 is 0 Å². The SMILES string of the molecule is CCOc1cc(CNCCCNC)ccc1OCCO. The highest BCUT2D eigenvalue weighted by Crippen LogP contribution is 2.28. The van der Waals surface area contributed by atoms with Gasteiger partial charge in [0.25, 0.3) is 0 Å². The van der Waals surface area contributed by atoms with E-state index < -0.39 is 0 Å². The Balaban J connectivity index is 2.52. The summed E-state index contributed by atoms with van der Waals surface area (Å²) < 4.78 is 11.0. The molecule has 0 radical (unpaired) electrons. The maximum Gasteiger partial charge on any atom is 0.161 e. The van der Waals surface area contributed by atoms with Gasteiger partial charge in [0.05, 0.1) is 13.2 Å². The maximum atomic E-state index is 8.81. The van der Waals surface area contributed by atoms with Crippen molar-refractivity contribution in [3.05, 3.63) is 23.8 Å². The summed E-state index contributed by atoms with van der Waals surface area (Å²) in [6, 6.07) is 5.90. The van der Waals surface area contributed by atoms with Crippen molar-refractivity contribution in [1.29, 1.82) is 0 Å². The summed E-state index contributed by atoms with van der Waals surface area (Å²) in [6.45, 7) is 5.62. The lowest BCUT2D eigenvalue weighted by Gasteiger charge is -2.13. The van der Waals surface area contributed by atoms with Crippen LogP contribution in [0.4, 0.5) is 0 Å². The molecule has 0 saturated heterocycles. The molecule has 0 amide bonds. The summed E-state index contributed by atoms with van der Waals surface area (Å²) in [6.07, 6.45) is 1.10. The highest BCUT2D eigenvalue weighted by atomic mass is 16.5. The number of benzene rings is 1. The molecule has 20 heavy (non-hydrogen) atoms. The van der Waals surface area contributed by atoms with Crippen molar-refractivity contribution in [2.75, 3.05) is 40.0 Å². The molecule has 0 spiro atoms. The fourth-order valence-electron chi connectivity index (χ4n) is 1.83. The van der Waals surface area contributed by atoms with E-state index >= 15 is 0 Å². The molecule has 1 rings (SSSR count). The maximum absolute atomic E-state index is 8.81. The fourth-order valence-corrected chi connectivity index (χ4v) is 1.83. The van der Waals surface area contributed by atoms with Gasteiger partial charge in [0.2, 0.25) is 0 Å². The Morgan fingerprint density at radius 2 is 2.00 bits per heavy atom. The summed E-state index contributed by atoms with van der Waals surface area (Å²) in [5.74, 6) is 1.41. The zero-order chi connectivity index (χ0) is 14.6. The molecule has 0 fully saturated rings. The number of hydrogen-bond acceptors (Lipinski definition) is 5. The smallest absolute Gasteiger partial charge is 0.161 e. The van der Waals surface area contributed by atoms with Gasteiger partial charge in [-0.2, -0.15) is 0 Å². The summed E-state index contributed by atoms with van der Waals surface area (Å²) in [7, 11) is 1.96. The van der Waals surface area contributed by atoms with Crippen LogP contribution in [0.3, 0.4) is 0 Å². The van der Waals surface area contributed by atoms with E-state index in [2.05, 4.69) is 10.6 Å². The van der Waals surface area contributed by atoms with Gasteiger partial charge in [-0.05, 0) is 51.2 Å². The number of ether oxygens (including phenoxy) is 2. The van der Waals surface area contributed by atoms with Gasteiger partial charge in [0.15, 0.2) is 11.5 Å². The molecule has 0 bridgehead atoms. The molecule has 0 atom stereocenters.